The summed E-state index contributed by atoms with van der Waals surface area (Å²) in [5, 5.41) is 3.24. The molecule has 1 aromatic heterocycles. The minimum atomic E-state index is -0.168. The van der Waals surface area contributed by atoms with Crippen LogP contribution in [0.2, 0.25) is 0 Å². The summed E-state index contributed by atoms with van der Waals surface area (Å²) in [5.74, 6) is 0.858. The van der Waals surface area contributed by atoms with Crippen molar-refractivity contribution in [2.24, 2.45) is 0 Å². The highest BCUT2D eigenvalue weighted by atomic mass is 79.9. The highest BCUT2D eigenvalue weighted by Crippen LogP contribution is 2.13. The molecule has 0 radical (unpaired) electrons. The fourth-order valence-corrected chi connectivity index (χ4v) is 1.60. The third kappa shape index (κ3) is 4.62. The molecule has 1 aromatic rings. The highest BCUT2D eigenvalue weighted by molar-refractivity contribution is 9.10. The number of nitrogens with one attached hydrogen (secondary N) is 1. The molecule has 0 spiro atoms. The highest BCUT2D eigenvalue weighted by Gasteiger charge is 2.17. The van der Waals surface area contributed by atoms with Gasteiger partial charge in [0.05, 0.1) is 5.60 Å². The Morgan fingerprint density at radius 1 is 1.47 bits per heavy atom. The molecule has 0 bridgehead atoms. The first kappa shape index (κ1) is 12.5. The second kappa shape index (κ2) is 5.47. The normalized spacial score (nSPS) is 11.5. The minimum Gasteiger partial charge on any atom is -0.374 e. The third-order valence-electron chi connectivity index (χ3n) is 1.95. The Morgan fingerprint density at radius 2 is 2.20 bits per heavy atom. The van der Waals surface area contributed by atoms with E-state index in [4.69, 9.17) is 4.74 Å². The number of halogens is 1. The molecular weight excluding hydrogens is 256 g/mol. The van der Waals surface area contributed by atoms with E-state index in [1.807, 2.05) is 25.1 Å². The molecule has 0 saturated heterocycles. The molecule has 0 aliphatic rings. The zero-order valence-electron chi connectivity index (χ0n) is 9.38. The molecule has 0 saturated carbocycles. The summed E-state index contributed by atoms with van der Waals surface area (Å²) in [6.07, 6.45) is 0. The number of rotatable bonds is 5. The van der Waals surface area contributed by atoms with Gasteiger partial charge in [-0.3, -0.25) is 0 Å². The Morgan fingerprint density at radius 3 is 2.80 bits per heavy atom. The number of nitrogens with zero attached hydrogens (tertiary/aromatic N) is 1. The van der Waals surface area contributed by atoms with E-state index in [9.17, 15) is 0 Å². The van der Waals surface area contributed by atoms with Crippen LogP contribution in [0.1, 0.15) is 20.8 Å². The van der Waals surface area contributed by atoms with Crippen LogP contribution in [-0.2, 0) is 4.74 Å². The first-order valence-corrected chi connectivity index (χ1v) is 5.83. The van der Waals surface area contributed by atoms with Crippen LogP contribution in [0, 0.1) is 0 Å². The quantitative estimate of drug-likeness (QED) is 0.837. The van der Waals surface area contributed by atoms with E-state index >= 15 is 0 Å². The van der Waals surface area contributed by atoms with Gasteiger partial charge in [-0.25, -0.2) is 4.98 Å². The second-order valence-electron chi connectivity index (χ2n) is 3.89. The van der Waals surface area contributed by atoms with Gasteiger partial charge in [0.1, 0.15) is 10.4 Å². The van der Waals surface area contributed by atoms with E-state index in [0.29, 0.717) is 0 Å². The Kier molecular flexibility index (Phi) is 4.54. The molecule has 1 heterocycles. The first-order valence-electron chi connectivity index (χ1n) is 5.04. The predicted octanol–water partition coefficient (Wildman–Crippen LogP) is 3.07. The minimum absolute atomic E-state index is 0.168. The second-order valence-corrected chi connectivity index (χ2v) is 4.70. The lowest BCUT2D eigenvalue weighted by molar-refractivity contribution is 0.000641. The van der Waals surface area contributed by atoms with Gasteiger partial charge >= 0.3 is 0 Å². The summed E-state index contributed by atoms with van der Waals surface area (Å²) in [6.45, 7) is 7.58. The van der Waals surface area contributed by atoms with E-state index in [-0.39, 0.29) is 5.60 Å². The molecule has 1 N–H and O–H groups in total. The first-order chi connectivity index (χ1) is 7.03. The standard InChI is InChI=1S/C11H17BrN2O/c1-4-15-11(2,3)8-13-10-7-5-6-9(12)14-10/h5-7H,4,8H2,1-3H3,(H,13,14). The lowest BCUT2D eigenvalue weighted by atomic mass is 10.1. The molecular formula is C11H17BrN2O. The van der Waals surface area contributed by atoms with E-state index in [0.717, 1.165) is 23.6 Å². The largest absolute Gasteiger partial charge is 0.374 e. The number of hydrogen-bond donors (Lipinski definition) is 1. The molecule has 0 atom stereocenters. The fourth-order valence-electron chi connectivity index (χ4n) is 1.25. The molecule has 0 aliphatic heterocycles. The van der Waals surface area contributed by atoms with Crippen LogP contribution in [0.5, 0.6) is 0 Å². The van der Waals surface area contributed by atoms with Gasteiger partial charge in [-0.15, -0.1) is 0 Å². The van der Waals surface area contributed by atoms with Crippen LogP contribution in [0.3, 0.4) is 0 Å². The molecule has 84 valence electrons. The molecule has 0 aliphatic carbocycles. The van der Waals surface area contributed by atoms with E-state index in [1.54, 1.807) is 0 Å². The number of pyridine rings is 1. The summed E-state index contributed by atoms with van der Waals surface area (Å²) in [5.41, 5.74) is -0.168. The van der Waals surface area contributed by atoms with Gasteiger partial charge in [-0.05, 0) is 48.8 Å². The van der Waals surface area contributed by atoms with Gasteiger partial charge in [-0.1, -0.05) is 6.07 Å². The molecule has 0 unspecified atom stereocenters. The summed E-state index contributed by atoms with van der Waals surface area (Å²) < 4.78 is 6.41. The van der Waals surface area contributed by atoms with E-state index < -0.39 is 0 Å². The van der Waals surface area contributed by atoms with Crippen molar-refractivity contribution in [3.8, 4) is 0 Å². The van der Waals surface area contributed by atoms with Crippen LogP contribution in [0.4, 0.5) is 5.82 Å². The van der Waals surface area contributed by atoms with Crippen molar-refractivity contribution in [1.29, 1.82) is 0 Å². The van der Waals surface area contributed by atoms with Crippen LogP contribution < -0.4 is 5.32 Å². The van der Waals surface area contributed by atoms with Crippen molar-refractivity contribution < 1.29 is 4.74 Å². The maximum absolute atomic E-state index is 5.58. The Hall–Kier alpha value is -0.610. The zero-order valence-corrected chi connectivity index (χ0v) is 11.0. The Balaban J connectivity index is 2.49. The maximum atomic E-state index is 5.58. The average molecular weight is 273 g/mol. The molecule has 15 heavy (non-hydrogen) atoms. The lowest BCUT2D eigenvalue weighted by Gasteiger charge is -2.25. The van der Waals surface area contributed by atoms with Crippen molar-refractivity contribution >= 4 is 21.7 Å². The van der Waals surface area contributed by atoms with Crippen molar-refractivity contribution in [2.45, 2.75) is 26.4 Å². The molecule has 3 nitrogen and oxygen atoms in total. The van der Waals surface area contributed by atoms with Crippen LogP contribution in [0.15, 0.2) is 22.8 Å². The van der Waals surface area contributed by atoms with Gasteiger partial charge < -0.3 is 10.1 Å². The number of ether oxygens (including phenoxy) is 1. The van der Waals surface area contributed by atoms with Crippen LogP contribution in [-0.4, -0.2) is 23.7 Å². The lowest BCUT2D eigenvalue weighted by Crippen LogP contribution is -2.33. The van der Waals surface area contributed by atoms with Crippen molar-refractivity contribution in [2.75, 3.05) is 18.5 Å². The Labute approximate surface area is 99.4 Å². The van der Waals surface area contributed by atoms with Crippen molar-refractivity contribution in [1.82, 2.24) is 4.98 Å². The molecule has 0 aromatic carbocycles. The summed E-state index contributed by atoms with van der Waals surface area (Å²) >= 11 is 3.33. The molecule has 0 amide bonds. The monoisotopic (exact) mass is 272 g/mol. The molecule has 1 rings (SSSR count). The molecule has 4 heteroatoms. The fraction of sp³-hybridized carbons (Fsp3) is 0.545. The number of hydrogen-bond acceptors (Lipinski definition) is 3. The summed E-state index contributed by atoms with van der Waals surface area (Å²) in [4.78, 5) is 4.29. The van der Waals surface area contributed by atoms with Gasteiger partial charge in [0, 0.05) is 13.2 Å². The SMILES string of the molecule is CCOC(C)(C)CNc1cccc(Br)n1. The smallest absolute Gasteiger partial charge is 0.127 e. The summed E-state index contributed by atoms with van der Waals surface area (Å²) in [6, 6.07) is 5.79. The van der Waals surface area contributed by atoms with E-state index in [1.165, 1.54) is 0 Å². The van der Waals surface area contributed by atoms with E-state index in [2.05, 4.69) is 40.1 Å². The molecule has 0 fully saturated rings. The number of anilines is 1. The van der Waals surface area contributed by atoms with Crippen LogP contribution in [0.25, 0.3) is 0 Å². The summed E-state index contributed by atoms with van der Waals surface area (Å²) in [7, 11) is 0. The van der Waals surface area contributed by atoms with Crippen molar-refractivity contribution in [3.63, 3.8) is 0 Å². The topological polar surface area (TPSA) is 34.1 Å². The van der Waals surface area contributed by atoms with Crippen molar-refractivity contribution in [3.05, 3.63) is 22.8 Å². The van der Waals surface area contributed by atoms with Crippen LogP contribution >= 0.6 is 15.9 Å². The van der Waals surface area contributed by atoms with Gasteiger partial charge in [0.25, 0.3) is 0 Å². The van der Waals surface area contributed by atoms with Gasteiger partial charge in [-0.2, -0.15) is 0 Å². The zero-order chi connectivity index (χ0) is 11.3. The number of aromatic nitrogens is 1. The Bertz CT molecular complexity index is 315. The maximum Gasteiger partial charge on any atom is 0.127 e. The third-order valence-corrected chi connectivity index (χ3v) is 2.39. The van der Waals surface area contributed by atoms with Gasteiger partial charge in [0.15, 0.2) is 0 Å². The predicted molar refractivity (Wildman–Crippen MR) is 66.1 cm³/mol. The average Bonchev–Trinajstić information content (AvgIpc) is 2.15. The van der Waals surface area contributed by atoms with Gasteiger partial charge in [0.2, 0.25) is 0 Å².